The van der Waals surface area contributed by atoms with Crippen LogP contribution in [0.1, 0.15) is 31.4 Å². The molecule has 5 nitrogen and oxygen atoms in total. The smallest absolute Gasteiger partial charge is 0.225 e. The van der Waals surface area contributed by atoms with Crippen LogP contribution in [-0.2, 0) is 12.8 Å². The monoisotopic (exact) mass is 359 g/mol. The molecule has 0 aliphatic rings. The van der Waals surface area contributed by atoms with Crippen LogP contribution in [0.5, 0.6) is 0 Å². The Labute approximate surface area is 159 Å². The third-order valence-electron chi connectivity index (χ3n) is 5.16. The fourth-order valence-corrected chi connectivity index (χ4v) is 3.49. The Bertz CT molecular complexity index is 1080. The third kappa shape index (κ3) is 3.45. The van der Waals surface area contributed by atoms with Gasteiger partial charge in [-0.2, -0.15) is 4.98 Å². The summed E-state index contributed by atoms with van der Waals surface area (Å²) in [4.78, 5) is 12.5. The lowest BCUT2D eigenvalue weighted by Gasteiger charge is -2.14. The molecule has 0 radical (unpaired) electrons. The van der Waals surface area contributed by atoms with E-state index in [2.05, 4.69) is 70.6 Å². The van der Waals surface area contributed by atoms with E-state index in [1.54, 1.807) is 0 Å². The van der Waals surface area contributed by atoms with E-state index in [-0.39, 0.29) is 0 Å². The number of rotatable bonds is 6. The van der Waals surface area contributed by atoms with Crippen molar-refractivity contribution in [2.75, 3.05) is 11.1 Å². The largest absolute Gasteiger partial charge is 0.383 e. The van der Waals surface area contributed by atoms with Crippen molar-refractivity contribution in [3.8, 4) is 0 Å². The molecule has 1 unspecified atom stereocenters. The van der Waals surface area contributed by atoms with Gasteiger partial charge in [0.05, 0.1) is 5.52 Å². The number of hydrogen-bond donors (Lipinski definition) is 3. The average Bonchev–Trinajstić information content (AvgIpc) is 3.09. The Kier molecular flexibility index (Phi) is 4.67. The molecule has 0 aliphatic heterocycles. The second-order valence-corrected chi connectivity index (χ2v) is 7.06. The second-order valence-electron chi connectivity index (χ2n) is 7.06. The highest BCUT2D eigenvalue weighted by Crippen LogP contribution is 2.26. The number of nitrogens with zero attached hydrogens (tertiary/aromatic N) is 2. The molecule has 0 fully saturated rings. The molecule has 1 atom stereocenters. The SMILES string of the molecule is CCC(C)Nc1nc(N)c2c(CCc3c[nH]c4ccccc34)cccc2n1. The molecule has 0 bridgehead atoms. The molecule has 0 spiro atoms. The number of aromatic nitrogens is 3. The first-order chi connectivity index (χ1) is 13.2. The van der Waals surface area contributed by atoms with Gasteiger partial charge in [0.15, 0.2) is 0 Å². The maximum atomic E-state index is 6.32. The summed E-state index contributed by atoms with van der Waals surface area (Å²) in [7, 11) is 0. The maximum absolute atomic E-state index is 6.32. The molecule has 27 heavy (non-hydrogen) atoms. The predicted octanol–water partition coefficient (Wildman–Crippen LogP) is 4.69. The molecule has 4 rings (SSSR count). The molecule has 0 saturated heterocycles. The highest BCUT2D eigenvalue weighted by Gasteiger charge is 2.12. The summed E-state index contributed by atoms with van der Waals surface area (Å²) in [5.41, 5.74) is 10.9. The molecule has 0 aliphatic carbocycles. The lowest BCUT2D eigenvalue weighted by molar-refractivity contribution is 0.754. The number of fused-ring (bicyclic) bond motifs is 2. The fourth-order valence-electron chi connectivity index (χ4n) is 3.49. The Hall–Kier alpha value is -3.08. The lowest BCUT2D eigenvalue weighted by atomic mass is 10.0. The molecular weight excluding hydrogens is 334 g/mol. The number of anilines is 2. The fraction of sp³-hybridized carbons (Fsp3) is 0.273. The van der Waals surface area contributed by atoms with Crippen LogP contribution in [0.3, 0.4) is 0 Å². The summed E-state index contributed by atoms with van der Waals surface area (Å²) in [6.45, 7) is 4.24. The number of nitrogen functional groups attached to an aromatic ring is 1. The maximum Gasteiger partial charge on any atom is 0.225 e. The quantitative estimate of drug-likeness (QED) is 0.467. The number of nitrogens with two attached hydrogens (primary N) is 1. The van der Waals surface area contributed by atoms with Crippen molar-refractivity contribution in [1.82, 2.24) is 15.0 Å². The Morgan fingerprint density at radius 3 is 2.70 bits per heavy atom. The van der Waals surface area contributed by atoms with Crippen molar-refractivity contribution in [1.29, 1.82) is 0 Å². The first-order valence-corrected chi connectivity index (χ1v) is 9.52. The van der Waals surface area contributed by atoms with E-state index in [1.165, 1.54) is 22.0 Å². The first-order valence-electron chi connectivity index (χ1n) is 9.52. The number of nitrogens with one attached hydrogen (secondary N) is 2. The summed E-state index contributed by atoms with van der Waals surface area (Å²) in [6, 6.07) is 14.9. The van der Waals surface area contributed by atoms with E-state index in [1.807, 2.05) is 12.1 Å². The minimum atomic E-state index is 0.312. The molecule has 4 aromatic rings. The van der Waals surface area contributed by atoms with Crippen LogP contribution >= 0.6 is 0 Å². The van der Waals surface area contributed by atoms with E-state index in [9.17, 15) is 0 Å². The van der Waals surface area contributed by atoms with E-state index < -0.39 is 0 Å². The van der Waals surface area contributed by atoms with Gasteiger partial charge < -0.3 is 16.0 Å². The lowest BCUT2D eigenvalue weighted by Crippen LogP contribution is -2.16. The van der Waals surface area contributed by atoms with Crippen LogP contribution in [-0.4, -0.2) is 21.0 Å². The second kappa shape index (κ2) is 7.27. The predicted molar refractivity (Wildman–Crippen MR) is 113 cm³/mol. The van der Waals surface area contributed by atoms with Crippen LogP contribution in [0.2, 0.25) is 0 Å². The molecule has 2 aromatic carbocycles. The highest BCUT2D eigenvalue weighted by atomic mass is 15.1. The van der Waals surface area contributed by atoms with Gasteiger partial charge in [-0.3, -0.25) is 0 Å². The number of para-hydroxylation sites is 1. The van der Waals surface area contributed by atoms with E-state index in [4.69, 9.17) is 5.73 Å². The van der Waals surface area contributed by atoms with Crippen molar-refractivity contribution < 1.29 is 0 Å². The first kappa shape index (κ1) is 17.3. The van der Waals surface area contributed by atoms with E-state index >= 15 is 0 Å². The summed E-state index contributed by atoms with van der Waals surface area (Å²) in [5.74, 6) is 1.14. The zero-order chi connectivity index (χ0) is 18.8. The summed E-state index contributed by atoms with van der Waals surface area (Å²) in [6.07, 6.45) is 4.94. The Morgan fingerprint density at radius 2 is 1.85 bits per heavy atom. The minimum Gasteiger partial charge on any atom is -0.383 e. The molecule has 0 amide bonds. The van der Waals surface area contributed by atoms with Crippen LogP contribution in [0.15, 0.2) is 48.7 Å². The number of H-pyrrole nitrogens is 1. The number of benzene rings is 2. The minimum absolute atomic E-state index is 0.312. The van der Waals surface area contributed by atoms with Gasteiger partial charge in [-0.15, -0.1) is 0 Å². The number of aryl methyl sites for hydroxylation is 2. The van der Waals surface area contributed by atoms with Gasteiger partial charge >= 0.3 is 0 Å². The van der Waals surface area contributed by atoms with E-state index in [0.29, 0.717) is 17.8 Å². The zero-order valence-electron chi connectivity index (χ0n) is 15.8. The van der Waals surface area contributed by atoms with Crippen molar-refractivity contribution >= 4 is 33.6 Å². The normalized spacial score (nSPS) is 12.5. The summed E-state index contributed by atoms with van der Waals surface area (Å²) >= 11 is 0. The standard InChI is InChI=1S/C22H25N5/c1-3-14(2)25-22-26-19-10-6-7-15(20(19)21(23)27-22)11-12-16-13-24-18-9-5-4-8-17(16)18/h4-10,13-14,24H,3,11-12H2,1-2H3,(H3,23,25,26,27). The Morgan fingerprint density at radius 1 is 1.04 bits per heavy atom. The molecule has 5 heteroatoms. The van der Waals surface area contributed by atoms with Gasteiger partial charge in [0.25, 0.3) is 0 Å². The molecular formula is C22H25N5. The summed E-state index contributed by atoms with van der Waals surface area (Å²) in [5, 5.41) is 5.56. The van der Waals surface area contributed by atoms with Gasteiger partial charge in [0, 0.05) is 28.5 Å². The molecule has 2 heterocycles. The van der Waals surface area contributed by atoms with E-state index in [0.717, 1.165) is 30.2 Å². The van der Waals surface area contributed by atoms with Crippen molar-refractivity contribution in [3.05, 3.63) is 59.8 Å². The zero-order valence-corrected chi connectivity index (χ0v) is 15.8. The van der Waals surface area contributed by atoms with Crippen LogP contribution in [0, 0.1) is 0 Å². The molecule has 2 aromatic heterocycles. The third-order valence-corrected chi connectivity index (χ3v) is 5.16. The van der Waals surface area contributed by atoms with Gasteiger partial charge in [-0.25, -0.2) is 4.98 Å². The Balaban J connectivity index is 1.64. The molecule has 4 N–H and O–H groups in total. The van der Waals surface area contributed by atoms with Gasteiger partial charge in [0.1, 0.15) is 5.82 Å². The number of aromatic amines is 1. The topological polar surface area (TPSA) is 79.6 Å². The van der Waals surface area contributed by atoms with Crippen LogP contribution in [0.4, 0.5) is 11.8 Å². The molecule has 0 saturated carbocycles. The van der Waals surface area contributed by atoms with Gasteiger partial charge in [-0.05, 0) is 49.4 Å². The highest BCUT2D eigenvalue weighted by molar-refractivity contribution is 5.92. The molecule has 138 valence electrons. The average molecular weight is 359 g/mol. The van der Waals surface area contributed by atoms with Gasteiger partial charge in [0.2, 0.25) is 5.95 Å². The number of hydrogen-bond acceptors (Lipinski definition) is 4. The van der Waals surface area contributed by atoms with Crippen molar-refractivity contribution in [2.45, 2.75) is 39.2 Å². The summed E-state index contributed by atoms with van der Waals surface area (Å²) < 4.78 is 0. The van der Waals surface area contributed by atoms with Crippen molar-refractivity contribution in [3.63, 3.8) is 0 Å². The van der Waals surface area contributed by atoms with Gasteiger partial charge in [-0.1, -0.05) is 37.3 Å². The van der Waals surface area contributed by atoms with Crippen LogP contribution in [0.25, 0.3) is 21.8 Å². The van der Waals surface area contributed by atoms with Crippen molar-refractivity contribution in [2.24, 2.45) is 0 Å². The van der Waals surface area contributed by atoms with Crippen LogP contribution < -0.4 is 11.1 Å².